The number of carbonyl (C=O) groups is 1. The monoisotopic (exact) mass is 311 g/mol. The van der Waals surface area contributed by atoms with E-state index < -0.39 is 15.8 Å². The first-order valence-corrected chi connectivity index (χ1v) is 8.90. The Labute approximate surface area is 125 Å². The summed E-state index contributed by atoms with van der Waals surface area (Å²) in [7, 11) is -3.20. The average molecular weight is 311 g/mol. The Morgan fingerprint density at radius 3 is 2.38 bits per heavy atom. The zero-order chi connectivity index (χ0) is 15.5. The number of sulfone groups is 1. The molecule has 1 saturated carbocycles. The maximum Gasteiger partial charge on any atom is 0.305 e. The van der Waals surface area contributed by atoms with E-state index >= 15 is 0 Å². The molecule has 0 radical (unpaired) electrons. The van der Waals surface area contributed by atoms with Crippen molar-refractivity contribution in [3.8, 4) is 0 Å². The number of hydrogen-bond acceptors (Lipinski definition) is 4. The molecule has 1 aliphatic carbocycles. The van der Waals surface area contributed by atoms with Crippen LogP contribution in [0.3, 0.4) is 0 Å². The van der Waals surface area contributed by atoms with Crippen LogP contribution in [0.2, 0.25) is 0 Å². The van der Waals surface area contributed by atoms with Gasteiger partial charge in [-0.2, -0.15) is 0 Å². The highest BCUT2D eigenvalue weighted by Crippen LogP contribution is 2.32. The van der Waals surface area contributed by atoms with Gasteiger partial charge in [0.05, 0.1) is 17.1 Å². The molecule has 0 bridgehead atoms. The van der Waals surface area contributed by atoms with Crippen LogP contribution in [-0.4, -0.2) is 37.8 Å². The Morgan fingerprint density at radius 2 is 1.90 bits per heavy atom. The van der Waals surface area contributed by atoms with Gasteiger partial charge in [-0.3, -0.25) is 4.79 Å². The largest absolute Gasteiger partial charge is 0.481 e. The second kappa shape index (κ2) is 6.47. The molecule has 116 valence electrons. The SMILES string of the molecule is CCCS(=O)(=O)c1ccc(N(CCC(=O)O)C2CC2)cc1. The van der Waals surface area contributed by atoms with Crippen molar-refractivity contribution < 1.29 is 18.3 Å². The van der Waals surface area contributed by atoms with Crippen molar-refractivity contribution in [2.75, 3.05) is 17.2 Å². The van der Waals surface area contributed by atoms with E-state index in [1.807, 2.05) is 6.92 Å². The molecule has 0 heterocycles. The molecule has 1 fully saturated rings. The van der Waals surface area contributed by atoms with E-state index in [0.717, 1.165) is 18.5 Å². The van der Waals surface area contributed by atoms with Crippen LogP contribution < -0.4 is 4.90 Å². The van der Waals surface area contributed by atoms with E-state index in [-0.39, 0.29) is 12.2 Å². The van der Waals surface area contributed by atoms with Crippen molar-refractivity contribution in [3.63, 3.8) is 0 Å². The molecule has 21 heavy (non-hydrogen) atoms. The normalized spacial score (nSPS) is 14.9. The molecule has 6 heteroatoms. The lowest BCUT2D eigenvalue weighted by Gasteiger charge is -2.24. The van der Waals surface area contributed by atoms with E-state index in [1.54, 1.807) is 24.3 Å². The highest BCUT2D eigenvalue weighted by atomic mass is 32.2. The number of rotatable bonds is 8. The second-order valence-corrected chi connectivity index (χ2v) is 7.49. The van der Waals surface area contributed by atoms with Crippen LogP contribution >= 0.6 is 0 Å². The van der Waals surface area contributed by atoms with Crippen molar-refractivity contribution in [3.05, 3.63) is 24.3 Å². The fourth-order valence-corrected chi connectivity index (χ4v) is 3.68. The molecule has 2 rings (SSSR count). The third kappa shape index (κ3) is 4.20. The van der Waals surface area contributed by atoms with Gasteiger partial charge in [0, 0.05) is 18.3 Å². The van der Waals surface area contributed by atoms with Crippen LogP contribution in [0.4, 0.5) is 5.69 Å². The molecular formula is C15H21NO4S. The smallest absolute Gasteiger partial charge is 0.305 e. The minimum Gasteiger partial charge on any atom is -0.481 e. The summed E-state index contributed by atoms with van der Waals surface area (Å²) in [5.41, 5.74) is 0.897. The van der Waals surface area contributed by atoms with Gasteiger partial charge in [0.2, 0.25) is 0 Å². The van der Waals surface area contributed by atoms with Gasteiger partial charge in [-0.15, -0.1) is 0 Å². The Bertz CT molecular complexity index is 591. The summed E-state index contributed by atoms with van der Waals surface area (Å²) in [4.78, 5) is 13.1. The lowest BCUT2D eigenvalue weighted by Crippen LogP contribution is -2.28. The van der Waals surface area contributed by atoms with Gasteiger partial charge in [0.25, 0.3) is 0 Å². The lowest BCUT2D eigenvalue weighted by atomic mass is 10.2. The van der Waals surface area contributed by atoms with Gasteiger partial charge < -0.3 is 10.0 Å². The number of nitrogens with zero attached hydrogens (tertiary/aromatic N) is 1. The summed E-state index contributed by atoms with van der Waals surface area (Å²) in [6, 6.07) is 7.20. The molecule has 1 aliphatic rings. The third-order valence-corrected chi connectivity index (χ3v) is 5.49. The Kier molecular flexibility index (Phi) is 4.88. The van der Waals surface area contributed by atoms with E-state index in [9.17, 15) is 13.2 Å². The Balaban J connectivity index is 2.14. The lowest BCUT2D eigenvalue weighted by molar-refractivity contribution is -0.136. The van der Waals surface area contributed by atoms with E-state index in [1.165, 1.54) is 0 Å². The van der Waals surface area contributed by atoms with Crippen molar-refractivity contribution in [1.29, 1.82) is 0 Å². The predicted octanol–water partition coefficient (Wildman–Crippen LogP) is 2.31. The zero-order valence-corrected chi connectivity index (χ0v) is 13.0. The summed E-state index contributed by atoms with van der Waals surface area (Å²) < 4.78 is 24.0. The molecule has 1 N–H and O–H groups in total. The standard InChI is InChI=1S/C15H21NO4S/c1-2-11-21(19,20)14-7-5-13(6-8-14)16(12-3-4-12)10-9-15(17)18/h5-8,12H,2-4,9-11H2,1H3,(H,17,18). The summed E-state index contributed by atoms with van der Waals surface area (Å²) in [5.74, 6) is -0.666. The van der Waals surface area contributed by atoms with Gasteiger partial charge in [-0.25, -0.2) is 8.42 Å². The van der Waals surface area contributed by atoms with Crippen LogP contribution in [0.15, 0.2) is 29.2 Å². The fraction of sp³-hybridized carbons (Fsp3) is 0.533. The molecule has 0 amide bonds. The van der Waals surface area contributed by atoms with Crippen LogP contribution in [0.25, 0.3) is 0 Å². The molecule has 1 aromatic carbocycles. The van der Waals surface area contributed by atoms with Gasteiger partial charge in [-0.1, -0.05) is 6.92 Å². The van der Waals surface area contributed by atoms with Gasteiger partial charge >= 0.3 is 5.97 Å². The summed E-state index contributed by atoms with van der Waals surface area (Å²) >= 11 is 0. The number of anilines is 1. The number of benzene rings is 1. The topological polar surface area (TPSA) is 74.7 Å². The molecule has 1 aromatic rings. The fourth-order valence-electron chi connectivity index (χ4n) is 2.36. The highest BCUT2D eigenvalue weighted by molar-refractivity contribution is 7.91. The maximum atomic E-state index is 12.0. The Morgan fingerprint density at radius 1 is 1.29 bits per heavy atom. The third-order valence-electron chi connectivity index (χ3n) is 3.55. The minimum atomic E-state index is -3.20. The van der Waals surface area contributed by atoms with E-state index in [4.69, 9.17) is 5.11 Å². The molecular weight excluding hydrogens is 290 g/mol. The second-order valence-electron chi connectivity index (χ2n) is 5.38. The Hall–Kier alpha value is -1.56. The predicted molar refractivity (Wildman–Crippen MR) is 81.4 cm³/mol. The van der Waals surface area contributed by atoms with Crippen molar-refractivity contribution >= 4 is 21.5 Å². The molecule has 0 aliphatic heterocycles. The van der Waals surface area contributed by atoms with Crippen molar-refractivity contribution in [1.82, 2.24) is 0 Å². The van der Waals surface area contributed by atoms with Crippen molar-refractivity contribution in [2.45, 2.75) is 43.5 Å². The molecule has 0 unspecified atom stereocenters. The van der Waals surface area contributed by atoms with E-state index in [0.29, 0.717) is 23.9 Å². The zero-order valence-electron chi connectivity index (χ0n) is 12.2. The van der Waals surface area contributed by atoms with Gasteiger partial charge in [0.1, 0.15) is 0 Å². The molecule has 5 nitrogen and oxygen atoms in total. The number of carboxylic acids is 1. The van der Waals surface area contributed by atoms with Crippen LogP contribution in [0.1, 0.15) is 32.6 Å². The quantitative estimate of drug-likeness (QED) is 0.797. The highest BCUT2D eigenvalue weighted by Gasteiger charge is 2.29. The first-order valence-electron chi connectivity index (χ1n) is 7.25. The molecule has 0 spiro atoms. The molecule has 0 aromatic heterocycles. The number of hydrogen-bond donors (Lipinski definition) is 1. The first kappa shape index (κ1) is 15.8. The molecule has 0 atom stereocenters. The molecule has 0 saturated heterocycles. The van der Waals surface area contributed by atoms with Gasteiger partial charge in [-0.05, 0) is 43.5 Å². The first-order chi connectivity index (χ1) is 9.94. The number of aliphatic carboxylic acids is 1. The van der Waals surface area contributed by atoms with Crippen LogP contribution in [0, 0.1) is 0 Å². The minimum absolute atomic E-state index is 0.0897. The maximum absolute atomic E-state index is 12.0. The summed E-state index contributed by atoms with van der Waals surface area (Å²) in [5, 5.41) is 8.82. The van der Waals surface area contributed by atoms with Gasteiger partial charge in [0.15, 0.2) is 9.84 Å². The van der Waals surface area contributed by atoms with E-state index in [2.05, 4.69) is 4.90 Å². The number of carboxylic acid groups (broad SMARTS) is 1. The summed E-state index contributed by atoms with van der Waals surface area (Å²) in [6.07, 6.45) is 2.81. The van der Waals surface area contributed by atoms with Crippen molar-refractivity contribution in [2.24, 2.45) is 0 Å². The van der Waals surface area contributed by atoms with Crippen LogP contribution in [-0.2, 0) is 14.6 Å². The summed E-state index contributed by atoms with van der Waals surface area (Å²) in [6.45, 7) is 2.30. The average Bonchev–Trinajstić information content (AvgIpc) is 3.24. The van der Waals surface area contributed by atoms with Crippen LogP contribution in [0.5, 0.6) is 0 Å².